The van der Waals surface area contributed by atoms with Crippen LogP contribution in [0.4, 0.5) is 0 Å². The fraction of sp³-hybridized carbons (Fsp3) is 0.583. The summed E-state index contributed by atoms with van der Waals surface area (Å²) in [6.07, 6.45) is 3.27. The molecule has 1 aromatic rings. The van der Waals surface area contributed by atoms with E-state index in [1.165, 1.54) is 18.3 Å². The maximum Gasteiger partial charge on any atom is 0.244 e. The molecule has 0 bridgehead atoms. The van der Waals surface area contributed by atoms with Crippen molar-refractivity contribution in [2.45, 2.75) is 31.6 Å². The smallest absolute Gasteiger partial charge is 0.243 e. The predicted molar refractivity (Wildman–Crippen MR) is 71.0 cm³/mol. The molecule has 0 radical (unpaired) electrons. The van der Waals surface area contributed by atoms with Crippen LogP contribution in [0.1, 0.15) is 26.7 Å². The molecule has 1 aromatic heterocycles. The van der Waals surface area contributed by atoms with E-state index in [0.717, 1.165) is 12.8 Å². The van der Waals surface area contributed by atoms with Gasteiger partial charge in [-0.15, -0.1) is 0 Å². The second-order valence-electron chi connectivity index (χ2n) is 5.42. The molecule has 4 nitrogen and oxygen atoms in total. The molecule has 1 aliphatic heterocycles. The molecule has 0 amide bonds. The lowest BCUT2D eigenvalue weighted by Gasteiger charge is -2.37. The maximum atomic E-state index is 12.4. The molecule has 100 valence electrons. The summed E-state index contributed by atoms with van der Waals surface area (Å²) in [7, 11) is -3.44. The van der Waals surface area contributed by atoms with E-state index in [2.05, 4.69) is 18.8 Å². The highest BCUT2D eigenvalue weighted by Crippen LogP contribution is 2.31. The van der Waals surface area contributed by atoms with Gasteiger partial charge in [0.1, 0.15) is 10.0 Å². The van der Waals surface area contributed by atoms with Crippen molar-refractivity contribution in [3.8, 4) is 0 Å². The molecule has 0 spiro atoms. The Bertz CT molecular complexity index is 526. The molecule has 0 unspecified atom stereocenters. The Kier molecular flexibility index (Phi) is 3.67. The highest BCUT2D eigenvalue weighted by Gasteiger charge is 2.34. The normalized spacial score (nSPS) is 20.8. The van der Waals surface area contributed by atoms with Crippen molar-refractivity contribution < 1.29 is 8.42 Å². The summed E-state index contributed by atoms with van der Waals surface area (Å²) in [5, 5.41) is 0.299. The Morgan fingerprint density at radius 3 is 2.67 bits per heavy atom. The molecular formula is C12H17ClN2O2S. The van der Waals surface area contributed by atoms with Gasteiger partial charge in [-0.05, 0) is 30.4 Å². The predicted octanol–water partition coefficient (Wildman–Crippen LogP) is 2.55. The quantitative estimate of drug-likeness (QED) is 0.786. The molecule has 1 saturated heterocycles. The molecular weight excluding hydrogens is 272 g/mol. The summed E-state index contributed by atoms with van der Waals surface area (Å²) in [6.45, 7) is 5.32. The lowest BCUT2D eigenvalue weighted by molar-refractivity contribution is 0.187. The average Bonchev–Trinajstić information content (AvgIpc) is 2.28. The number of piperidine rings is 1. The third-order valence-electron chi connectivity index (χ3n) is 3.20. The Morgan fingerprint density at radius 1 is 1.39 bits per heavy atom. The first-order chi connectivity index (χ1) is 8.31. The van der Waals surface area contributed by atoms with Gasteiger partial charge in [0.05, 0.1) is 0 Å². The zero-order chi connectivity index (χ0) is 13.4. The molecule has 1 fully saturated rings. The van der Waals surface area contributed by atoms with E-state index in [-0.39, 0.29) is 10.3 Å². The molecule has 0 atom stereocenters. The van der Waals surface area contributed by atoms with Crippen LogP contribution in [0.3, 0.4) is 0 Å². The second-order valence-corrected chi connectivity index (χ2v) is 7.75. The molecule has 2 heterocycles. The topological polar surface area (TPSA) is 50.3 Å². The maximum absolute atomic E-state index is 12.4. The van der Waals surface area contributed by atoms with Crippen molar-refractivity contribution in [3.05, 3.63) is 23.5 Å². The van der Waals surface area contributed by atoms with E-state index in [1.807, 2.05) is 0 Å². The number of hydrogen-bond donors (Lipinski definition) is 0. The van der Waals surface area contributed by atoms with Crippen LogP contribution in [-0.4, -0.2) is 30.8 Å². The van der Waals surface area contributed by atoms with Crippen molar-refractivity contribution in [3.63, 3.8) is 0 Å². The lowest BCUT2D eigenvalue weighted by Crippen LogP contribution is -2.43. The molecule has 0 N–H and O–H groups in total. The number of halogens is 1. The minimum Gasteiger partial charge on any atom is -0.243 e. The van der Waals surface area contributed by atoms with Crippen molar-refractivity contribution in [1.29, 1.82) is 0 Å². The van der Waals surface area contributed by atoms with Gasteiger partial charge in [-0.1, -0.05) is 25.4 Å². The van der Waals surface area contributed by atoms with Gasteiger partial charge in [-0.3, -0.25) is 0 Å². The lowest BCUT2D eigenvalue weighted by atomic mass is 9.85. The second kappa shape index (κ2) is 4.79. The number of nitrogens with zero attached hydrogens (tertiary/aromatic N) is 2. The van der Waals surface area contributed by atoms with E-state index in [4.69, 9.17) is 11.6 Å². The number of aromatic nitrogens is 1. The first-order valence-electron chi connectivity index (χ1n) is 5.93. The Morgan fingerprint density at radius 2 is 2.11 bits per heavy atom. The molecule has 18 heavy (non-hydrogen) atoms. The van der Waals surface area contributed by atoms with Crippen LogP contribution in [0.2, 0.25) is 5.15 Å². The van der Waals surface area contributed by atoms with Crippen molar-refractivity contribution in [1.82, 2.24) is 9.29 Å². The van der Waals surface area contributed by atoms with E-state index in [1.54, 1.807) is 4.31 Å². The van der Waals surface area contributed by atoms with E-state index in [9.17, 15) is 8.42 Å². The molecule has 2 rings (SSSR count). The third kappa shape index (κ3) is 2.84. The van der Waals surface area contributed by atoms with E-state index >= 15 is 0 Å². The van der Waals surface area contributed by atoms with Crippen LogP contribution in [0, 0.1) is 5.41 Å². The van der Waals surface area contributed by atoms with Gasteiger partial charge in [0.25, 0.3) is 0 Å². The Labute approximate surface area is 113 Å². The van der Waals surface area contributed by atoms with Gasteiger partial charge in [-0.25, -0.2) is 13.4 Å². The number of hydrogen-bond acceptors (Lipinski definition) is 3. The van der Waals surface area contributed by atoms with Crippen LogP contribution < -0.4 is 0 Å². The first-order valence-corrected chi connectivity index (χ1v) is 7.75. The summed E-state index contributed by atoms with van der Waals surface area (Å²) in [5.41, 5.74) is 0.0329. The van der Waals surface area contributed by atoms with Gasteiger partial charge in [-0.2, -0.15) is 4.31 Å². The largest absolute Gasteiger partial charge is 0.244 e. The Hall–Kier alpha value is -0.650. The van der Waals surface area contributed by atoms with Crippen molar-refractivity contribution in [2.24, 2.45) is 5.41 Å². The Balaban J connectivity index is 2.28. The summed E-state index contributed by atoms with van der Waals surface area (Å²) in [4.78, 5) is 4.05. The first kappa shape index (κ1) is 13.8. The fourth-order valence-electron chi connectivity index (χ4n) is 2.24. The van der Waals surface area contributed by atoms with Gasteiger partial charge in [0.2, 0.25) is 10.0 Å². The van der Waals surface area contributed by atoms with E-state index in [0.29, 0.717) is 18.2 Å². The zero-order valence-corrected chi connectivity index (χ0v) is 12.1. The van der Waals surface area contributed by atoms with Crippen molar-refractivity contribution in [2.75, 3.05) is 13.1 Å². The van der Waals surface area contributed by atoms with Gasteiger partial charge in [0.15, 0.2) is 0 Å². The molecule has 0 saturated carbocycles. The van der Waals surface area contributed by atoms with E-state index < -0.39 is 10.0 Å². The number of pyridine rings is 1. The van der Waals surface area contributed by atoms with Crippen LogP contribution in [-0.2, 0) is 10.0 Å². The SMILES string of the molecule is CC1(C)CCCN(S(=O)(=O)c2ccc(Cl)nc2)C1. The van der Waals surface area contributed by atoms with Crippen LogP contribution >= 0.6 is 11.6 Å². The van der Waals surface area contributed by atoms with Gasteiger partial charge in [0, 0.05) is 19.3 Å². The highest BCUT2D eigenvalue weighted by atomic mass is 35.5. The van der Waals surface area contributed by atoms with Gasteiger partial charge < -0.3 is 0 Å². The summed E-state index contributed by atoms with van der Waals surface area (Å²) in [5.74, 6) is 0. The molecule has 6 heteroatoms. The minimum atomic E-state index is -3.44. The summed E-state index contributed by atoms with van der Waals surface area (Å²) in [6, 6.07) is 3.01. The van der Waals surface area contributed by atoms with Crippen LogP contribution in [0.5, 0.6) is 0 Å². The number of sulfonamides is 1. The summed E-state index contributed by atoms with van der Waals surface area (Å²) >= 11 is 5.67. The van der Waals surface area contributed by atoms with Gasteiger partial charge >= 0.3 is 0 Å². The highest BCUT2D eigenvalue weighted by molar-refractivity contribution is 7.89. The van der Waals surface area contributed by atoms with Crippen LogP contribution in [0.15, 0.2) is 23.2 Å². The minimum absolute atomic E-state index is 0.0329. The third-order valence-corrected chi connectivity index (χ3v) is 5.26. The number of rotatable bonds is 2. The average molecular weight is 289 g/mol. The summed E-state index contributed by atoms with van der Waals surface area (Å²) < 4.78 is 26.4. The fourth-order valence-corrected chi connectivity index (χ4v) is 3.96. The van der Waals surface area contributed by atoms with Crippen LogP contribution in [0.25, 0.3) is 0 Å². The standard InChI is InChI=1S/C12H17ClN2O2S/c1-12(2)6-3-7-15(9-12)18(16,17)10-4-5-11(13)14-8-10/h4-5,8H,3,6-7,9H2,1-2H3. The molecule has 0 aromatic carbocycles. The monoisotopic (exact) mass is 288 g/mol. The molecule has 0 aliphatic carbocycles. The van der Waals surface area contributed by atoms with Crippen molar-refractivity contribution >= 4 is 21.6 Å². The zero-order valence-electron chi connectivity index (χ0n) is 10.6. The molecule has 1 aliphatic rings.